The molecule has 100 heavy (non-hydrogen) atoms. The van der Waals surface area contributed by atoms with Crippen molar-refractivity contribution in [2.45, 2.75) is 67.7 Å². The maximum absolute atomic E-state index is 7.00. The molecular formula is C83H102N8OY8-8. The fourth-order valence-corrected chi connectivity index (χ4v) is 8.30. The van der Waals surface area contributed by atoms with Crippen molar-refractivity contribution in [3.63, 3.8) is 0 Å². The predicted molar refractivity (Wildman–Crippen MR) is 408 cm³/mol. The molecule has 0 unspecified atom stereocenters. The van der Waals surface area contributed by atoms with Gasteiger partial charge in [-0.2, -0.15) is 40.9 Å². The van der Waals surface area contributed by atoms with Crippen LogP contribution in [0.4, 0.5) is 22.7 Å². The van der Waals surface area contributed by atoms with Gasteiger partial charge in [-0.15, -0.1) is 0 Å². The molecule has 0 saturated heterocycles. The number of aliphatic hydroxyl groups excluding tert-OH is 1. The van der Waals surface area contributed by atoms with Crippen LogP contribution in [-0.4, -0.2) is 12.2 Å². The third-order valence-corrected chi connectivity index (χ3v) is 12.1. The van der Waals surface area contributed by atoms with Crippen LogP contribution in [0.25, 0.3) is 43.1 Å². The van der Waals surface area contributed by atoms with Crippen LogP contribution in [0.1, 0.15) is 63.8 Å². The summed E-state index contributed by atoms with van der Waals surface area (Å²) in [6.07, 6.45) is 0. The van der Waals surface area contributed by atoms with Crippen LogP contribution >= 0.6 is 0 Å². The second kappa shape index (κ2) is 80.4. The number of fused-ring (bicyclic) bond motifs is 4. The van der Waals surface area contributed by atoms with E-state index in [9.17, 15) is 0 Å². The molecule has 0 fully saturated rings. The zero-order valence-corrected chi connectivity index (χ0v) is 84.9. The summed E-state index contributed by atoms with van der Waals surface area (Å²) in [7, 11) is 1.00. The molecule has 0 spiro atoms. The average Bonchev–Trinajstić information content (AvgIpc) is 0.854. The Kier molecular flexibility index (Phi) is 101. The Morgan fingerprint density at radius 2 is 0.420 bits per heavy atom. The van der Waals surface area contributed by atoms with Crippen molar-refractivity contribution >= 4 is 65.8 Å². The summed E-state index contributed by atoms with van der Waals surface area (Å²) in [5, 5.41) is 50.9. The first-order chi connectivity index (χ1) is 41.7. The number of hydrogen-bond donors (Lipinski definition) is 1. The first-order valence-electron chi connectivity index (χ1n) is 28.7. The van der Waals surface area contributed by atoms with Crippen LogP contribution in [0.3, 0.4) is 0 Å². The van der Waals surface area contributed by atoms with Crippen molar-refractivity contribution < 1.29 is 267 Å². The van der Waals surface area contributed by atoms with Gasteiger partial charge in [-0.25, -0.2) is 0 Å². The van der Waals surface area contributed by atoms with Gasteiger partial charge in [-0.1, -0.05) is 272 Å². The summed E-state index contributed by atoms with van der Waals surface area (Å²) >= 11 is 0. The third-order valence-electron chi connectivity index (χ3n) is 12.1. The number of hydrogen-bond acceptors (Lipinski definition) is 9. The van der Waals surface area contributed by atoms with Crippen molar-refractivity contribution in [1.29, 1.82) is 0 Å². The summed E-state index contributed by atoms with van der Waals surface area (Å²) < 4.78 is 0. The summed E-state index contributed by atoms with van der Waals surface area (Å²) in [5.74, 6) is 0. The maximum Gasteiger partial charge on any atom is 0.0859 e. The zero-order chi connectivity index (χ0) is 59.7. The molecule has 0 amide bonds. The SMILES string of the molecule is CC.CC.CC.CO.[CH3-].[CH3-].[CH3-].[CH3-].[CH3-].[CH3-].[CH3-].[CH3-].[Y].[Y].[Y].[Y].[Y].[Y].[Y].[Y].c1ccc(N=NCc2ccc3ccccc3c2)cc1.c1ccc(N=NCc2ccc3ccccc3c2)cc1.c1ccc(N=NCc2cccc3ccccc23)cc1.c1ccc(N=NCc2cccc3ccccc23)cc1. The van der Waals surface area contributed by atoms with Gasteiger partial charge in [0.15, 0.2) is 0 Å². The summed E-state index contributed by atoms with van der Waals surface area (Å²) in [6, 6.07) is 98.0. The fraction of sp³-hybridized carbons (Fsp3) is 0.133. The number of aliphatic hydroxyl groups is 1. The van der Waals surface area contributed by atoms with E-state index in [1.165, 1.54) is 65.3 Å². The van der Waals surface area contributed by atoms with Crippen LogP contribution in [-0.2, 0) is 288 Å². The molecule has 17 heteroatoms. The van der Waals surface area contributed by atoms with E-state index in [1.54, 1.807) is 0 Å². The van der Waals surface area contributed by atoms with E-state index in [-0.39, 0.29) is 321 Å². The molecule has 512 valence electrons. The van der Waals surface area contributed by atoms with Gasteiger partial charge in [0.05, 0.1) is 48.9 Å². The quantitative estimate of drug-likeness (QED) is 0.0951. The molecule has 12 rings (SSSR count). The van der Waals surface area contributed by atoms with E-state index in [4.69, 9.17) is 5.11 Å². The van der Waals surface area contributed by atoms with Crippen molar-refractivity contribution in [3.05, 3.63) is 373 Å². The van der Waals surface area contributed by atoms with Gasteiger partial charge in [0.25, 0.3) is 0 Å². The van der Waals surface area contributed by atoms with E-state index < -0.39 is 0 Å². The zero-order valence-electron chi connectivity index (χ0n) is 62.2. The van der Waals surface area contributed by atoms with Gasteiger partial charge in [0.2, 0.25) is 0 Å². The third kappa shape index (κ3) is 47.5. The van der Waals surface area contributed by atoms with Crippen LogP contribution in [0, 0.1) is 59.4 Å². The maximum atomic E-state index is 7.00. The second-order valence-corrected chi connectivity index (χ2v) is 17.6. The minimum atomic E-state index is 0. The van der Waals surface area contributed by atoms with Gasteiger partial charge >= 0.3 is 0 Å². The van der Waals surface area contributed by atoms with Gasteiger partial charge in [0.1, 0.15) is 0 Å². The van der Waals surface area contributed by atoms with Crippen molar-refractivity contribution in [1.82, 2.24) is 0 Å². The second-order valence-electron chi connectivity index (χ2n) is 17.6. The Morgan fingerprint density at radius 3 is 0.690 bits per heavy atom. The van der Waals surface area contributed by atoms with E-state index in [0.717, 1.165) is 29.9 Å². The Balaban J connectivity index is -0.0000000949. The molecule has 0 aliphatic carbocycles. The normalized spacial score (nSPS) is 8.72. The van der Waals surface area contributed by atoms with Crippen molar-refractivity contribution in [3.8, 4) is 0 Å². The van der Waals surface area contributed by atoms with Crippen LogP contribution in [0.15, 0.2) is 332 Å². The van der Waals surface area contributed by atoms with Gasteiger partial charge in [-0.3, -0.25) is 0 Å². The van der Waals surface area contributed by atoms with Crippen molar-refractivity contribution in [2.24, 2.45) is 40.9 Å². The molecule has 0 aliphatic rings. The van der Waals surface area contributed by atoms with E-state index in [1.807, 2.05) is 163 Å². The van der Waals surface area contributed by atoms with Gasteiger partial charge < -0.3 is 64.5 Å². The number of nitrogens with zero attached hydrogens (tertiary/aromatic N) is 8. The summed E-state index contributed by atoms with van der Waals surface area (Å²) in [4.78, 5) is 0. The minimum Gasteiger partial charge on any atom is -0.400 e. The molecule has 12 aromatic carbocycles. The number of rotatable bonds is 12. The standard InChI is InChI=1S/4C17H14N2.3C2H6.CH4O.8CH3.8Y/c2*1-2-10-16(11-3-1)19-18-13-15-9-6-8-14-7-4-5-12-17(14)15;2*1-2-8-17(9-3-1)19-18-13-14-10-11-15-6-4-5-7-16(15)12-14;4*1-2;;;;;;;;;;;;;;;;/h4*1-12H,13H2;3*1-2H3;2H,1H3;8*1H3;;;;;;;;/q;;;;;;;;8*-1;;;;;;;;. The Hall–Kier alpha value is -1.13. The van der Waals surface area contributed by atoms with E-state index in [2.05, 4.69) is 211 Å². The predicted octanol–water partition coefficient (Wildman–Crippen LogP) is 26.8. The molecule has 0 saturated carbocycles. The molecule has 8 radical (unpaired) electrons. The smallest absolute Gasteiger partial charge is 0.0859 e. The van der Waals surface area contributed by atoms with Gasteiger partial charge in [-0.05, 0) is 126 Å². The minimum absolute atomic E-state index is 0. The monoisotopic (exact) mass is 1940 g/mol. The van der Waals surface area contributed by atoms with E-state index in [0.29, 0.717) is 26.2 Å². The molecule has 12 aromatic rings. The molecular weight excluding hydrogens is 1840 g/mol. The molecule has 0 atom stereocenters. The van der Waals surface area contributed by atoms with Crippen LogP contribution in [0.2, 0.25) is 0 Å². The summed E-state index contributed by atoms with van der Waals surface area (Å²) in [6.45, 7) is 14.4. The molecule has 0 heterocycles. The Bertz CT molecular complexity index is 3600. The first-order valence-corrected chi connectivity index (χ1v) is 28.7. The average molecular weight is 1940 g/mol. The Morgan fingerprint density at radius 1 is 0.210 bits per heavy atom. The topological polar surface area (TPSA) is 119 Å². The van der Waals surface area contributed by atoms with Crippen LogP contribution in [0.5, 0.6) is 0 Å². The molecule has 9 nitrogen and oxygen atoms in total. The number of azo groups is 4. The Labute approximate surface area is 807 Å². The summed E-state index contributed by atoms with van der Waals surface area (Å²) in [5.41, 5.74) is 8.34. The van der Waals surface area contributed by atoms with E-state index >= 15 is 0 Å². The molecule has 0 bridgehead atoms. The largest absolute Gasteiger partial charge is 0.400 e. The van der Waals surface area contributed by atoms with Crippen LogP contribution < -0.4 is 0 Å². The molecule has 0 aromatic heterocycles. The first kappa shape index (κ1) is 125. The van der Waals surface area contributed by atoms with Crippen molar-refractivity contribution in [2.75, 3.05) is 7.11 Å². The van der Waals surface area contributed by atoms with Gasteiger partial charge in [0, 0.05) is 269 Å². The number of benzene rings is 12. The fourth-order valence-electron chi connectivity index (χ4n) is 8.30. The molecule has 1 N–H and O–H groups in total. The molecule has 0 aliphatic heterocycles.